The fourth-order valence-corrected chi connectivity index (χ4v) is 2.79. The number of nitrogens with one attached hydrogen (secondary N) is 1. The van der Waals surface area contributed by atoms with Crippen molar-refractivity contribution in [1.82, 2.24) is 0 Å². The first-order valence-corrected chi connectivity index (χ1v) is 7.93. The van der Waals surface area contributed by atoms with Crippen LogP contribution in [-0.2, 0) is 16.0 Å². The number of carbonyl (C=O) groups excluding carboxylic acids is 2. The zero-order valence-electron chi connectivity index (χ0n) is 12.5. The molecule has 0 spiro atoms. The Hall–Kier alpha value is -1.84. The first-order chi connectivity index (χ1) is 10.2. The molecule has 1 heterocycles. The van der Waals surface area contributed by atoms with Crippen LogP contribution >= 0.6 is 0 Å². The summed E-state index contributed by atoms with van der Waals surface area (Å²) in [5.41, 5.74) is 3.04. The van der Waals surface area contributed by atoms with Gasteiger partial charge in [0.05, 0.1) is 0 Å². The Labute approximate surface area is 125 Å². The van der Waals surface area contributed by atoms with Crippen molar-refractivity contribution in [3.05, 3.63) is 23.8 Å². The third-order valence-corrected chi connectivity index (χ3v) is 4.23. The highest BCUT2D eigenvalue weighted by Gasteiger charge is 2.30. The van der Waals surface area contributed by atoms with Gasteiger partial charge in [-0.25, -0.2) is 0 Å². The molecular formula is C17H22N2O2. The minimum atomic E-state index is 0.129. The number of fused-ring (bicyclic) bond motifs is 1. The molecule has 0 aromatic heterocycles. The normalized spacial score (nSPS) is 17.6. The van der Waals surface area contributed by atoms with Crippen LogP contribution in [0.15, 0.2) is 18.2 Å². The van der Waals surface area contributed by atoms with Gasteiger partial charge in [0.1, 0.15) is 0 Å². The summed E-state index contributed by atoms with van der Waals surface area (Å²) in [6.45, 7) is 2.92. The van der Waals surface area contributed by atoms with Gasteiger partial charge in [-0.1, -0.05) is 13.3 Å². The van der Waals surface area contributed by atoms with E-state index in [2.05, 4.69) is 12.2 Å². The number of benzene rings is 1. The predicted molar refractivity (Wildman–Crippen MR) is 83.4 cm³/mol. The number of amides is 2. The van der Waals surface area contributed by atoms with Gasteiger partial charge in [-0.15, -0.1) is 0 Å². The Bertz CT molecular complexity index is 564. The Kier molecular flexibility index (Phi) is 3.95. The molecule has 4 heteroatoms. The zero-order chi connectivity index (χ0) is 14.8. The van der Waals surface area contributed by atoms with E-state index in [-0.39, 0.29) is 17.7 Å². The Morgan fingerprint density at radius 1 is 1.33 bits per heavy atom. The quantitative estimate of drug-likeness (QED) is 0.904. The van der Waals surface area contributed by atoms with Crippen molar-refractivity contribution in [2.75, 3.05) is 16.8 Å². The summed E-state index contributed by atoms with van der Waals surface area (Å²) < 4.78 is 0. The van der Waals surface area contributed by atoms with E-state index in [0.29, 0.717) is 6.42 Å². The molecule has 0 atom stereocenters. The number of unbranched alkanes of at least 4 members (excludes halogenated alkanes) is 1. The average molecular weight is 286 g/mol. The van der Waals surface area contributed by atoms with Crippen LogP contribution in [0.2, 0.25) is 0 Å². The van der Waals surface area contributed by atoms with Gasteiger partial charge < -0.3 is 10.2 Å². The lowest BCUT2D eigenvalue weighted by atomic mass is 10.00. The Morgan fingerprint density at radius 2 is 2.14 bits per heavy atom. The van der Waals surface area contributed by atoms with Gasteiger partial charge in [0.2, 0.25) is 11.8 Å². The number of hydrogen-bond acceptors (Lipinski definition) is 2. The zero-order valence-corrected chi connectivity index (χ0v) is 12.5. The van der Waals surface area contributed by atoms with E-state index in [0.717, 1.165) is 50.0 Å². The minimum Gasteiger partial charge on any atom is -0.326 e. The van der Waals surface area contributed by atoms with Crippen LogP contribution < -0.4 is 10.2 Å². The second kappa shape index (κ2) is 5.88. The van der Waals surface area contributed by atoms with Gasteiger partial charge in [-0.2, -0.15) is 0 Å². The molecule has 1 aromatic carbocycles. The average Bonchev–Trinajstić information content (AvgIpc) is 3.31. The van der Waals surface area contributed by atoms with Crippen molar-refractivity contribution in [2.45, 2.75) is 45.4 Å². The van der Waals surface area contributed by atoms with Gasteiger partial charge in [0, 0.05) is 30.3 Å². The second-order valence-corrected chi connectivity index (χ2v) is 6.01. The maximum absolute atomic E-state index is 12.1. The van der Waals surface area contributed by atoms with Crippen LogP contribution in [-0.4, -0.2) is 18.4 Å². The lowest BCUT2D eigenvalue weighted by Gasteiger charge is -2.29. The highest BCUT2D eigenvalue weighted by molar-refractivity contribution is 5.98. The van der Waals surface area contributed by atoms with Crippen molar-refractivity contribution < 1.29 is 9.59 Å². The molecule has 21 heavy (non-hydrogen) atoms. The van der Waals surface area contributed by atoms with Crippen molar-refractivity contribution in [3.8, 4) is 0 Å². The van der Waals surface area contributed by atoms with Crippen molar-refractivity contribution in [2.24, 2.45) is 5.92 Å². The number of anilines is 2. The monoisotopic (exact) mass is 286 g/mol. The third-order valence-electron chi connectivity index (χ3n) is 4.23. The van der Waals surface area contributed by atoms with Crippen LogP contribution in [0, 0.1) is 5.92 Å². The van der Waals surface area contributed by atoms with E-state index < -0.39 is 0 Å². The largest absolute Gasteiger partial charge is 0.326 e. The first kappa shape index (κ1) is 14.1. The summed E-state index contributed by atoms with van der Waals surface area (Å²) in [6.07, 6.45) is 5.45. The van der Waals surface area contributed by atoms with Crippen LogP contribution in [0.4, 0.5) is 11.4 Å². The number of aryl methyl sites for hydroxylation is 1. The van der Waals surface area contributed by atoms with Crippen LogP contribution in [0.25, 0.3) is 0 Å². The topological polar surface area (TPSA) is 49.4 Å². The van der Waals surface area contributed by atoms with E-state index in [1.165, 1.54) is 5.56 Å². The molecule has 0 unspecified atom stereocenters. The second-order valence-electron chi connectivity index (χ2n) is 6.01. The Balaban J connectivity index is 1.77. The lowest BCUT2D eigenvalue weighted by molar-refractivity contribution is -0.119. The van der Waals surface area contributed by atoms with E-state index >= 15 is 0 Å². The van der Waals surface area contributed by atoms with E-state index in [1.807, 2.05) is 23.1 Å². The highest BCUT2D eigenvalue weighted by Crippen LogP contribution is 2.33. The Morgan fingerprint density at radius 3 is 2.86 bits per heavy atom. The SMILES string of the molecule is CCCCN1C(=O)CCc2cc(NC(=O)C3CC3)ccc21. The summed E-state index contributed by atoms with van der Waals surface area (Å²) in [4.78, 5) is 25.8. The number of hydrogen-bond donors (Lipinski definition) is 1. The van der Waals surface area contributed by atoms with Gasteiger partial charge in [0.15, 0.2) is 0 Å². The number of carbonyl (C=O) groups is 2. The van der Waals surface area contributed by atoms with Gasteiger partial charge in [0.25, 0.3) is 0 Å². The molecule has 112 valence electrons. The van der Waals surface area contributed by atoms with Crippen LogP contribution in [0.3, 0.4) is 0 Å². The molecule has 1 aromatic rings. The standard InChI is InChI=1S/C17H22N2O2/c1-2-3-10-19-15-8-7-14(18-17(21)12-4-5-12)11-13(15)6-9-16(19)20/h7-8,11-12H,2-6,9-10H2,1H3,(H,18,21). The van der Waals surface area contributed by atoms with Crippen molar-refractivity contribution in [1.29, 1.82) is 0 Å². The maximum Gasteiger partial charge on any atom is 0.227 e. The van der Waals surface area contributed by atoms with Gasteiger partial charge in [-0.05, 0) is 49.4 Å². The summed E-state index contributed by atoms with van der Waals surface area (Å²) in [6, 6.07) is 5.92. The first-order valence-electron chi connectivity index (χ1n) is 7.93. The highest BCUT2D eigenvalue weighted by atomic mass is 16.2. The van der Waals surface area contributed by atoms with Crippen LogP contribution in [0.1, 0.15) is 44.6 Å². The minimum absolute atomic E-state index is 0.129. The van der Waals surface area contributed by atoms with E-state index in [9.17, 15) is 9.59 Å². The molecule has 0 saturated heterocycles. The molecule has 4 nitrogen and oxygen atoms in total. The fourth-order valence-electron chi connectivity index (χ4n) is 2.79. The molecule has 1 N–H and O–H groups in total. The molecule has 3 rings (SSSR count). The smallest absolute Gasteiger partial charge is 0.227 e. The molecule has 2 amide bonds. The van der Waals surface area contributed by atoms with E-state index in [1.54, 1.807) is 0 Å². The number of nitrogens with zero attached hydrogens (tertiary/aromatic N) is 1. The maximum atomic E-state index is 12.1. The number of rotatable bonds is 5. The summed E-state index contributed by atoms with van der Waals surface area (Å²) in [7, 11) is 0. The molecule has 2 aliphatic rings. The molecular weight excluding hydrogens is 264 g/mol. The van der Waals surface area contributed by atoms with E-state index in [4.69, 9.17) is 0 Å². The van der Waals surface area contributed by atoms with Gasteiger partial charge in [-0.3, -0.25) is 9.59 Å². The summed E-state index contributed by atoms with van der Waals surface area (Å²) in [5.74, 6) is 0.555. The predicted octanol–water partition coefficient (Wildman–Crippen LogP) is 3.11. The molecule has 1 fully saturated rings. The molecule has 1 aliphatic carbocycles. The third kappa shape index (κ3) is 3.09. The summed E-state index contributed by atoms with van der Waals surface area (Å²) in [5, 5.41) is 2.98. The molecule has 1 saturated carbocycles. The van der Waals surface area contributed by atoms with Gasteiger partial charge >= 0.3 is 0 Å². The molecule has 0 bridgehead atoms. The molecule has 0 radical (unpaired) electrons. The van der Waals surface area contributed by atoms with Crippen molar-refractivity contribution >= 4 is 23.2 Å². The lowest BCUT2D eigenvalue weighted by Crippen LogP contribution is -2.35. The van der Waals surface area contributed by atoms with Crippen LogP contribution in [0.5, 0.6) is 0 Å². The molecule has 1 aliphatic heterocycles. The fraction of sp³-hybridized carbons (Fsp3) is 0.529. The van der Waals surface area contributed by atoms with Crippen molar-refractivity contribution in [3.63, 3.8) is 0 Å². The summed E-state index contributed by atoms with van der Waals surface area (Å²) >= 11 is 0.